The first-order chi connectivity index (χ1) is 9.90. The molecule has 2 aromatic rings. The minimum absolute atomic E-state index is 0.0651. The number of benzene rings is 2. The highest BCUT2D eigenvalue weighted by molar-refractivity contribution is 6.32. The molecule has 0 radical (unpaired) electrons. The third-order valence-corrected chi connectivity index (χ3v) is 3.14. The minimum atomic E-state index is -4.42. The van der Waals surface area contributed by atoms with Gasteiger partial charge in [0.15, 0.2) is 0 Å². The smallest absolute Gasteiger partial charge is 0.416 e. The van der Waals surface area contributed by atoms with Crippen LogP contribution < -0.4 is 4.74 Å². The molecule has 0 saturated heterocycles. The normalized spacial score (nSPS) is 11.2. The second-order valence-corrected chi connectivity index (χ2v) is 4.79. The number of alkyl halides is 3. The second kappa shape index (κ2) is 6.22. The van der Waals surface area contributed by atoms with Gasteiger partial charge in [0.05, 0.1) is 10.6 Å². The van der Waals surface area contributed by atoms with E-state index in [1.807, 2.05) is 24.3 Å². The Morgan fingerprint density at radius 3 is 2.52 bits per heavy atom. The average Bonchev–Trinajstić information content (AvgIpc) is 2.45. The number of halogens is 4. The fourth-order valence-corrected chi connectivity index (χ4v) is 2.00. The molecule has 0 saturated carbocycles. The molecule has 0 aromatic heterocycles. The van der Waals surface area contributed by atoms with Crippen molar-refractivity contribution in [3.8, 4) is 5.75 Å². The van der Waals surface area contributed by atoms with Gasteiger partial charge in [0, 0.05) is 0 Å². The molecule has 2 aromatic carbocycles. The maximum atomic E-state index is 12.5. The molecule has 0 aliphatic carbocycles. The van der Waals surface area contributed by atoms with Crippen molar-refractivity contribution in [1.29, 1.82) is 0 Å². The molecule has 2 rings (SSSR count). The van der Waals surface area contributed by atoms with Gasteiger partial charge in [0.25, 0.3) is 0 Å². The number of hydrogen-bond donors (Lipinski definition) is 0. The molecule has 1 nitrogen and oxygen atoms in total. The van der Waals surface area contributed by atoms with Crippen LogP contribution in [0.3, 0.4) is 0 Å². The van der Waals surface area contributed by atoms with E-state index < -0.39 is 11.7 Å². The van der Waals surface area contributed by atoms with E-state index in [1.165, 1.54) is 6.07 Å². The summed E-state index contributed by atoms with van der Waals surface area (Å²) >= 11 is 5.82. The van der Waals surface area contributed by atoms with Crippen LogP contribution in [-0.2, 0) is 12.8 Å². The summed E-state index contributed by atoms with van der Waals surface area (Å²) in [6, 6.07) is 10.5. The van der Waals surface area contributed by atoms with Gasteiger partial charge in [-0.3, -0.25) is 0 Å². The fraction of sp³-hybridized carbons (Fsp3) is 0.125. The third kappa shape index (κ3) is 4.02. The first-order valence-electron chi connectivity index (χ1n) is 6.11. The van der Waals surface area contributed by atoms with E-state index in [-0.39, 0.29) is 17.4 Å². The maximum Gasteiger partial charge on any atom is 0.416 e. The average molecular weight is 313 g/mol. The zero-order valence-corrected chi connectivity index (χ0v) is 11.7. The Kier molecular flexibility index (Phi) is 4.58. The van der Waals surface area contributed by atoms with Gasteiger partial charge in [-0.05, 0) is 35.4 Å². The molecule has 0 bridgehead atoms. The first kappa shape index (κ1) is 15.4. The molecule has 0 spiro atoms. The lowest BCUT2D eigenvalue weighted by atomic mass is 10.1. The van der Waals surface area contributed by atoms with Crippen LogP contribution in [0.1, 0.15) is 16.7 Å². The van der Waals surface area contributed by atoms with Crippen molar-refractivity contribution in [2.75, 3.05) is 0 Å². The van der Waals surface area contributed by atoms with E-state index in [9.17, 15) is 13.2 Å². The van der Waals surface area contributed by atoms with E-state index in [4.69, 9.17) is 16.3 Å². The predicted octanol–water partition coefficient (Wildman–Crippen LogP) is 5.58. The van der Waals surface area contributed by atoms with E-state index in [2.05, 4.69) is 6.58 Å². The van der Waals surface area contributed by atoms with Crippen molar-refractivity contribution in [2.45, 2.75) is 12.8 Å². The van der Waals surface area contributed by atoms with Crippen molar-refractivity contribution < 1.29 is 17.9 Å². The molecule has 5 heteroatoms. The van der Waals surface area contributed by atoms with Gasteiger partial charge in [0.2, 0.25) is 0 Å². The monoisotopic (exact) mass is 312 g/mol. The Hall–Kier alpha value is -1.94. The standard InChI is InChI=1S/C16H12ClF3O/c1-2-11-4-3-5-12(8-11)10-21-15-7-6-13(9-14(15)17)16(18,19)20/h2-9H,1,10H2. The summed E-state index contributed by atoms with van der Waals surface area (Å²) in [6.45, 7) is 3.88. The third-order valence-electron chi connectivity index (χ3n) is 2.84. The van der Waals surface area contributed by atoms with Gasteiger partial charge in [-0.2, -0.15) is 13.2 Å². The highest BCUT2D eigenvalue weighted by atomic mass is 35.5. The molecule has 0 fully saturated rings. The van der Waals surface area contributed by atoms with E-state index in [0.29, 0.717) is 0 Å². The van der Waals surface area contributed by atoms with E-state index >= 15 is 0 Å². The molecular weight excluding hydrogens is 301 g/mol. The molecule has 0 unspecified atom stereocenters. The van der Waals surface area contributed by atoms with Gasteiger partial charge in [-0.15, -0.1) is 0 Å². The Morgan fingerprint density at radius 2 is 1.90 bits per heavy atom. The lowest BCUT2D eigenvalue weighted by Gasteiger charge is -2.11. The van der Waals surface area contributed by atoms with Gasteiger partial charge in [0.1, 0.15) is 12.4 Å². The Balaban J connectivity index is 2.11. The van der Waals surface area contributed by atoms with Crippen LogP contribution in [0.15, 0.2) is 49.0 Å². The van der Waals surface area contributed by atoms with Gasteiger partial charge in [-0.1, -0.05) is 42.5 Å². The lowest BCUT2D eigenvalue weighted by Crippen LogP contribution is -2.05. The fourth-order valence-electron chi connectivity index (χ4n) is 1.77. The topological polar surface area (TPSA) is 9.23 Å². The summed E-state index contributed by atoms with van der Waals surface area (Å²) in [5.74, 6) is 0.216. The van der Waals surface area contributed by atoms with Crippen LogP contribution in [0, 0.1) is 0 Å². The highest BCUT2D eigenvalue weighted by Gasteiger charge is 2.31. The van der Waals surface area contributed by atoms with Gasteiger partial charge < -0.3 is 4.74 Å². The van der Waals surface area contributed by atoms with Crippen molar-refractivity contribution in [3.05, 3.63) is 70.8 Å². The van der Waals surface area contributed by atoms with Crippen LogP contribution in [0.2, 0.25) is 5.02 Å². The Bertz CT molecular complexity index is 650. The SMILES string of the molecule is C=Cc1cccc(COc2ccc(C(F)(F)F)cc2Cl)c1. The van der Waals surface area contributed by atoms with Crippen LogP contribution in [0.5, 0.6) is 5.75 Å². The largest absolute Gasteiger partial charge is 0.487 e. The van der Waals surface area contributed by atoms with Gasteiger partial charge >= 0.3 is 6.18 Å². The van der Waals surface area contributed by atoms with Crippen molar-refractivity contribution in [3.63, 3.8) is 0 Å². The summed E-state index contributed by atoms with van der Waals surface area (Å²) in [7, 11) is 0. The summed E-state index contributed by atoms with van der Waals surface area (Å²) in [5.41, 5.74) is 1.02. The van der Waals surface area contributed by atoms with Crippen molar-refractivity contribution >= 4 is 17.7 Å². The summed E-state index contributed by atoms with van der Waals surface area (Å²) in [6.07, 6.45) is -2.71. The highest BCUT2D eigenvalue weighted by Crippen LogP contribution is 2.34. The number of rotatable bonds is 4. The quantitative estimate of drug-likeness (QED) is 0.716. The number of ether oxygens (including phenoxy) is 1. The van der Waals surface area contributed by atoms with Crippen molar-refractivity contribution in [1.82, 2.24) is 0 Å². The Morgan fingerprint density at radius 1 is 1.14 bits per heavy atom. The van der Waals surface area contributed by atoms with E-state index in [1.54, 1.807) is 6.08 Å². The summed E-state index contributed by atoms with van der Waals surface area (Å²) in [4.78, 5) is 0. The second-order valence-electron chi connectivity index (χ2n) is 4.38. The lowest BCUT2D eigenvalue weighted by molar-refractivity contribution is -0.137. The van der Waals surface area contributed by atoms with Crippen LogP contribution in [-0.4, -0.2) is 0 Å². The summed E-state index contributed by atoms with van der Waals surface area (Å²) in [5, 5.41) is -0.0651. The molecule has 0 heterocycles. The Labute approximate surface area is 125 Å². The summed E-state index contributed by atoms with van der Waals surface area (Å²) < 4.78 is 43.0. The molecule has 110 valence electrons. The van der Waals surface area contributed by atoms with Crippen LogP contribution in [0.4, 0.5) is 13.2 Å². The maximum absolute atomic E-state index is 12.5. The molecule has 0 N–H and O–H groups in total. The van der Waals surface area contributed by atoms with E-state index in [0.717, 1.165) is 23.3 Å². The minimum Gasteiger partial charge on any atom is -0.487 e. The molecule has 0 amide bonds. The predicted molar refractivity (Wildman–Crippen MR) is 77.3 cm³/mol. The zero-order chi connectivity index (χ0) is 15.5. The number of hydrogen-bond acceptors (Lipinski definition) is 1. The first-order valence-corrected chi connectivity index (χ1v) is 6.49. The molecule has 0 atom stereocenters. The zero-order valence-electron chi connectivity index (χ0n) is 11.0. The van der Waals surface area contributed by atoms with Crippen LogP contribution in [0.25, 0.3) is 6.08 Å². The van der Waals surface area contributed by atoms with Gasteiger partial charge in [-0.25, -0.2) is 0 Å². The van der Waals surface area contributed by atoms with Crippen molar-refractivity contribution in [2.24, 2.45) is 0 Å². The molecule has 0 aliphatic rings. The molecule has 21 heavy (non-hydrogen) atoms. The molecule has 0 aliphatic heterocycles. The van der Waals surface area contributed by atoms with Crippen LogP contribution >= 0.6 is 11.6 Å². The molecular formula is C16H12ClF3O.